The Morgan fingerprint density at radius 2 is 1.76 bits per heavy atom. The lowest BCUT2D eigenvalue weighted by Gasteiger charge is -2.35. The fourth-order valence-corrected chi connectivity index (χ4v) is 4.57. The maximum absolute atomic E-state index is 13.4. The van der Waals surface area contributed by atoms with Gasteiger partial charge in [0.2, 0.25) is 5.82 Å². The van der Waals surface area contributed by atoms with Crippen LogP contribution in [0.2, 0.25) is 0 Å². The molecule has 0 saturated heterocycles. The summed E-state index contributed by atoms with van der Waals surface area (Å²) in [6.07, 6.45) is 0.865. The number of allylic oxidation sites excluding steroid dienone is 1. The highest BCUT2D eigenvalue weighted by Gasteiger charge is 2.36. The minimum absolute atomic E-state index is 0.219. The fraction of sp³-hybridized carbons (Fsp3) is 0.207. The van der Waals surface area contributed by atoms with Crippen LogP contribution in [-0.4, -0.2) is 30.4 Å². The normalized spacial score (nSPS) is 15.5. The quantitative estimate of drug-likeness (QED) is 0.337. The van der Waals surface area contributed by atoms with Gasteiger partial charge in [0.25, 0.3) is 5.89 Å². The topological polar surface area (TPSA) is 89.7 Å². The average Bonchev–Trinajstić information content (AvgIpc) is 3.42. The molecule has 5 rings (SSSR count). The number of hydrogen-bond acceptors (Lipinski definition) is 6. The van der Waals surface area contributed by atoms with Gasteiger partial charge in [-0.05, 0) is 54.8 Å². The molecule has 1 N–H and O–H groups in total. The molecule has 1 aromatic heterocycles. The van der Waals surface area contributed by atoms with E-state index in [2.05, 4.69) is 17.4 Å². The monoisotopic (exact) mass is 496 g/mol. The number of methoxy groups -OCH3 is 2. The number of carbonyl (C=O) groups is 1. The van der Waals surface area contributed by atoms with Crippen molar-refractivity contribution in [1.82, 2.24) is 15.5 Å². The van der Waals surface area contributed by atoms with Gasteiger partial charge in [-0.3, -0.25) is 4.90 Å². The number of nitrogens with one attached hydrogen (secondary N) is 1. The first-order valence-corrected chi connectivity index (χ1v) is 12.1. The summed E-state index contributed by atoms with van der Waals surface area (Å²) in [4.78, 5) is 19.8. The van der Waals surface area contributed by atoms with Gasteiger partial charge in [0.1, 0.15) is 0 Å². The van der Waals surface area contributed by atoms with Gasteiger partial charge < -0.3 is 19.3 Å². The first kappa shape index (κ1) is 24.1. The fourth-order valence-electron chi connectivity index (χ4n) is 4.57. The molecule has 0 spiro atoms. The smallest absolute Gasteiger partial charge is 0.326 e. The summed E-state index contributed by atoms with van der Waals surface area (Å²) in [5.41, 5.74) is 4.99. The summed E-state index contributed by atoms with van der Waals surface area (Å²) >= 11 is 0. The van der Waals surface area contributed by atoms with Crippen molar-refractivity contribution in [3.05, 3.63) is 95.5 Å². The summed E-state index contributed by atoms with van der Waals surface area (Å²) in [5.74, 6) is 1.90. The zero-order valence-corrected chi connectivity index (χ0v) is 21.2. The van der Waals surface area contributed by atoms with E-state index in [-0.39, 0.29) is 6.03 Å². The molecule has 0 bridgehead atoms. The summed E-state index contributed by atoms with van der Waals surface area (Å²) in [7, 11) is 3.16. The zero-order valence-electron chi connectivity index (χ0n) is 21.2. The Morgan fingerprint density at radius 3 is 2.49 bits per heavy atom. The zero-order chi connectivity index (χ0) is 25.9. The minimum Gasteiger partial charge on any atom is -0.493 e. The molecule has 0 fully saturated rings. The number of hydrogen-bond donors (Lipinski definition) is 1. The molecule has 0 aliphatic carbocycles. The summed E-state index contributed by atoms with van der Waals surface area (Å²) in [6, 6.07) is 22.5. The molecule has 1 atom stereocenters. The third-order valence-electron chi connectivity index (χ3n) is 6.49. The van der Waals surface area contributed by atoms with E-state index < -0.39 is 6.04 Å². The Kier molecular flexibility index (Phi) is 6.64. The van der Waals surface area contributed by atoms with Crippen LogP contribution in [0.4, 0.5) is 10.5 Å². The molecule has 4 aromatic rings. The van der Waals surface area contributed by atoms with Gasteiger partial charge >= 0.3 is 6.03 Å². The van der Waals surface area contributed by atoms with Crippen molar-refractivity contribution in [1.29, 1.82) is 0 Å². The van der Waals surface area contributed by atoms with Gasteiger partial charge in [0, 0.05) is 11.3 Å². The number of nitrogens with zero attached hydrogens (tertiary/aromatic N) is 3. The van der Waals surface area contributed by atoms with Gasteiger partial charge in [-0.15, -0.1) is 0 Å². The van der Waals surface area contributed by atoms with Crippen LogP contribution in [0.1, 0.15) is 36.9 Å². The summed E-state index contributed by atoms with van der Waals surface area (Å²) in [5, 5.41) is 7.40. The molecular formula is C29H28N4O4. The number of urea groups is 1. The summed E-state index contributed by atoms with van der Waals surface area (Å²) in [6.45, 7) is 3.99. The van der Waals surface area contributed by atoms with E-state index in [0.29, 0.717) is 28.9 Å². The number of carbonyl (C=O) groups excluding carboxylic acids is 1. The first-order valence-electron chi connectivity index (χ1n) is 12.1. The van der Waals surface area contributed by atoms with Crippen LogP contribution in [-0.2, 0) is 6.42 Å². The van der Waals surface area contributed by atoms with E-state index in [1.54, 1.807) is 31.3 Å². The van der Waals surface area contributed by atoms with Crippen LogP contribution in [0, 0.1) is 0 Å². The second-order valence-corrected chi connectivity index (χ2v) is 8.64. The van der Waals surface area contributed by atoms with Gasteiger partial charge in [-0.1, -0.05) is 54.5 Å². The molecule has 1 unspecified atom stereocenters. The predicted molar refractivity (Wildman–Crippen MR) is 141 cm³/mol. The molecule has 188 valence electrons. The molecule has 0 radical (unpaired) electrons. The molecule has 3 aromatic carbocycles. The van der Waals surface area contributed by atoms with Gasteiger partial charge in [0.15, 0.2) is 11.5 Å². The number of amides is 2. The molecular weight excluding hydrogens is 468 g/mol. The molecule has 2 amide bonds. The third-order valence-corrected chi connectivity index (χ3v) is 6.49. The van der Waals surface area contributed by atoms with Crippen molar-refractivity contribution in [3.8, 4) is 22.9 Å². The largest absolute Gasteiger partial charge is 0.493 e. The number of benzene rings is 3. The van der Waals surface area contributed by atoms with Crippen molar-refractivity contribution < 1.29 is 18.8 Å². The van der Waals surface area contributed by atoms with Crippen molar-refractivity contribution in [2.75, 3.05) is 19.1 Å². The SMILES string of the molecule is CCc1cccc(N2C(=O)NC(c3ccccc3)C(c3nc(-c4ccc(OC)c(OC)c4)no3)=C2C)c1. The maximum atomic E-state index is 13.4. The minimum atomic E-state index is -0.460. The third kappa shape index (κ3) is 4.53. The van der Waals surface area contributed by atoms with Crippen molar-refractivity contribution >= 4 is 17.3 Å². The van der Waals surface area contributed by atoms with Gasteiger partial charge in [-0.25, -0.2) is 4.79 Å². The van der Waals surface area contributed by atoms with Crippen LogP contribution in [0.15, 0.2) is 83.0 Å². The lowest BCUT2D eigenvalue weighted by molar-refractivity contribution is 0.244. The molecule has 8 heteroatoms. The van der Waals surface area contributed by atoms with Crippen LogP contribution in [0.25, 0.3) is 17.0 Å². The Balaban J connectivity index is 1.63. The van der Waals surface area contributed by atoms with E-state index in [9.17, 15) is 4.79 Å². The standard InChI is InChI=1S/C29H28N4O4/c1-5-19-10-9-13-22(16-19)33-18(2)25(26(30-29(33)34)20-11-7-6-8-12-20)28-31-27(32-37-28)21-14-15-23(35-3)24(17-21)36-4/h6-17,26H,5H2,1-4H3,(H,30,34). The molecule has 8 nitrogen and oxygen atoms in total. The molecule has 1 aliphatic rings. The number of anilines is 1. The number of aromatic nitrogens is 2. The predicted octanol–water partition coefficient (Wildman–Crippen LogP) is 6.02. The van der Waals surface area contributed by atoms with Crippen LogP contribution in [0.5, 0.6) is 11.5 Å². The van der Waals surface area contributed by atoms with Crippen molar-refractivity contribution in [2.45, 2.75) is 26.3 Å². The van der Waals surface area contributed by atoms with Crippen LogP contribution in [0.3, 0.4) is 0 Å². The summed E-state index contributed by atoms with van der Waals surface area (Å²) < 4.78 is 16.6. The number of rotatable bonds is 7. The highest BCUT2D eigenvalue weighted by molar-refractivity contribution is 6.01. The van der Waals surface area contributed by atoms with E-state index >= 15 is 0 Å². The average molecular weight is 497 g/mol. The highest BCUT2D eigenvalue weighted by Crippen LogP contribution is 2.39. The Morgan fingerprint density at radius 1 is 0.973 bits per heavy atom. The second-order valence-electron chi connectivity index (χ2n) is 8.64. The number of ether oxygens (including phenoxy) is 2. The molecule has 0 saturated carbocycles. The molecule has 1 aliphatic heterocycles. The van der Waals surface area contributed by atoms with Gasteiger partial charge in [-0.2, -0.15) is 4.98 Å². The Bertz CT molecular complexity index is 1460. The van der Waals surface area contributed by atoms with E-state index in [4.69, 9.17) is 19.0 Å². The lowest BCUT2D eigenvalue weighted by Crippen LogP contribution is -2.46. The highest BCUT2D eigenvalue weighted by atomic mass is 16.5. The molecule has 37 heavy (non-hydrogen) atoms. The van der Waals surface area contributed by atoms with Crippen LogP contribution >= 0.6 is 0 Å². The lowest BCUT2D eigenvalue weighted by atomic mass is 9.94. The Labute approximate surface area is 215 Å². The van der Waals surface area contributed by atoms with Crippen LogP contribution < -0.4 is 19.7 Å². The second kappa shape index (κ2) is 10.2. The number of aryl methyl sites for hydroxylation is 1. The van der Waals surface area contributed by atoms with E-state index in [1.807, 2.05) is 67.6 Å². The Hall–Kier alpha value is -4.59. The van der Waals surface area contributed by atoms with E-state index in [1.165, 1.54) is 0 Å². The van der Waals surface area contributed by atoms with Crippen molar-refractivity contribution in [3.63, 3.8) is 0 Å². The van der Waals surface area contributed by atoms with Gasteiger partial charge in [0.05, 0.1) is 31.5 Å². The maximum Gasteiger partial charge on any atom is 0.326 e. The molecule has 2 heterocycles. The van der Waals surface area contributed by atoms with E-state index in [0.717, 1.165) is 34.4 Å². The van der Waals surface area contributed by atoms with Crippen molar-refractivity contribution in [2.24, 2.45) is 0 Å². The first-order chi connectivity index (χ1) is 18.0.